The second kappa shape index (κ2) is 5.89. The number of carbonyl (C=O) groups is 1. The van der Waals surface area contributed by atoms with Gasteiger partial charge in [-0.1, -0.05) is 6.07 Å². The van der Waals surface area contributed by atoms with Crippen LogP contribution in [0.3, 0.4) is 0 Å². The molecule has 0 saturated carbocycles. The van der Waals surface area contributed by atoms with E-state index >= 15 is 0 Å². The second-order valence-electron chi connectivity index (χ2n) is 6.56. The zero-order valence-electron chi connectivity index (χ0n) is 13.5. The van der Waals surface area contributed by atoms with E-state index in [0.29, 0.717) is 18.2 Å². The Morgan fingerprint density at radius 2 is 2.04 bits per heavy atom. The van der Waals surface area contributed by atoms with E-state index in [1.54, 1.807) is 23.4 Å². The molecule has 0 bridgehead atoms. The van der Waals surface area contributed by atoms with Gasteiger partial charge in [0.2, 0.25) is 15.9 Å². The summed E-state index contributed by atoms with van der Waals surface area (Å²) < 4.78 is 27.6. The molecule has 6 nitrogen and oxygen atoms in total. The van der Waals surface area contributed by atoms with Gasteiger partial charge in [0.15, 0.2) is 0 Å². The average Bonchev–Trinajstić information content (AvgIpc) is 2.93. The summed E-state index contributed by atoms with van der Waals surface area (Å²) in [5.41, 5.74) is 6.30. The van der Waals surface area contributed by atoms with E-state index in [0.717, 1.165) is 25.9 Å². The minimum Gasteiger partial charge on any atom is -0.366 e. The van der Waals surface area contributed by atoms with Gasteiger partial charge < -0.3 is 5.73 Å². The molecule has 0 spiro atoms. The SMILES string of the molecule is Cc1ccc(S(=O)(=O)N2C[C@H]3CCCN3C[C@H]2C)cc1C(N)=O. The van der Waals surface area contributed by atoms with E-state index in [-0.39, 0.29) is 16.5 Å². The molecule has 23 heavy (non-hydrogen) atoms. The number of primary amides is 1. The lowest BCUT2D eigenvalue weighted by molar-refractivity contribution is 0.0999. The highest BCUT2D eigenvalue weighted by Crippen LogP contribution is 2.29. The number of piperazine rings is 1. The maximum absolute atomic E-state index is 13.0. The van der Waals surface area contributed by atoms with Crippen molar-refractivity contribution in [3.63, 3.8) is 0 Å². The van der Waals surface area contributed by atoms with Crippen LogP contribution in [0.5, 0.6) is 0 Å². The molecule has 0 aliphatic carbocycles. The quantitative estimate of drug-likeness (QED) is 0.890. The molecule has 0 aromatic heterocycles. The number of nitrogens with two attached hydrogens (primary N) is 1. The molecule has 2 aliphatic heterocycles. The van der Waals surface area contributed by atoms with Crippen LogP contribution in [0.1, 0.15) is 35.7 Å². The van der Waals surface area contributed by atoms with E-state index in [4.69, 9.17) is 5.73 Å². The van der Waals surface area contributed by atoms with Crippen LogP contribution in [0.15, 0.2) is 23.1 Å². The van der Waals surface area contributed by atoms with Crippen LogP contribution in [-0.4, -0.2) is 55.2 Å². The first-order valence-electron chi connectivity index (χ1n) is 7.97. The van der Waals surface area contributed by atoms with Crippen LogP contribution >= 0.6 is 0 Å². The molecule has 1 amide bonds. The molecule has 1 aromatic carbocycles. The minimum atomic E-state index is -3.62. The van der Waals surface area contributed by atoms with Crippen molar-refractivity contribution in [1.82, 2.24) is 9.21 Å². The third kappa shape index (κ3) is 2.88. The van der Waals surface area contributed by atoms with Gasteiger partial charge in [0.1, 0.15) is 0 Å². The van der Waals surface area contributed by atoms with Gasteiger partial charge in [0, 0.05) is 30.7 Å². The molecular weight excluding hydrogens is 314 g/mol. The normalized spacial score (nSPS) is 26.2. The number of hydrogen-bond donors (Lipinski definition) is 1. The highest BCUT2D eigenvalue weighted by molar-refractivity contribution is 7.89. The smallest absolute Gasteiger partial charge is 0.249 e. The predicted octanol–water partition coefficient (Wildman–Crippen LogP) is 0.951. The summed E-state index contributed by atoms with van der Waals surface area (Å²) >= 11 is 0. The lowest BCUT2D eigenvalue weighted by atomic mass is 10.1. The average molecular weight is 337 g/mol. The summed E-state index contributed by atoms with van der Waals surface area (Å²) in [4.78, 5) is 14.0. The van der Waals surface area contributed by atoms with Gasteiger partial charge >= 0.3 is 0 Å². The molecule has 3 rings (SSSR count). The Morgan fingerprint density at radius 1 is 1.30 bits per heavy atom. The van der Waals surface area contributed by atoms with E-state index < -0.39 is 15.9 Å². The van der Waals surface area contributed by atoms with Crippen LogP contribution < -0.4 is 5.73 Å². The van der Waals surface area contributed by atoms with Crippen LogP contribution in [0.4, 0.5) is 0 Å². The number of hydrogen-bond acceptors (Lipinski definition) is 4. The fraction of sp³-hybridized carbons (Fsp3) is 0.562. The first-order chi connectivity index (χ1) is 10.8. The Kier molecular flexibility index (Phi) is 4.20. The summed E-state index contributed by atoms with van der Waals surface area (Å²) in [6.07, 6.45) is 2.17. The van der Waals surface area contributed by atoms with Gasteiger partial charge in [0.05, 0.1) is 4.90 Å². The van der Waals surface area contributed by atoms with Gasteiger partial charge in [-0.2, -0.15) is 4.31 Å². The molecule has 2 atom stereocenters. The topological polar surface area (TPSA) is 83.7 Å². The molecule has 1 aromatic rings. The number of sulfonamides is 1. The van der Waals surface area contributed by atoms with Crippen molar-refractivity contribution in [2.45, 2.75) is 43.7 Å². The highest BCUT2D eigenvalue weighted by Gasteiger charge is 2.40. The lowest BCUT2D eigenvalue weighted by Gasteiger charge is -2.41. The van der Waals surface area contributed by atoms with Crippen molar-refractivity contribution in [3.05, 3.63) is 29.3 Å². The largest absolute Gasteiger partial charge is 0.366 e. The van der Waals surface area contributed by atoms with Crippen molar-refractivity contribution in [2.75, 3.05) is 19.6 Å². The van der Waals surface area contributed by atoms with Crippen molar-refractivity contribution in [1.29, 1.82) is 0 Å². The van der Waals surface area contributed by atoms with E-state index in [9.17, 15) is 13.2 Å². The van der Waals surface area contributed by atoms with Crippen LogP contribution in [0.2, 0.25) is 0 Å². The molecule has 0 unspecified atom stereocenters. The fourth-order valence-electron chi connectivity index (χ4n) is 3.66. The third-order valence-corrected chi connectivity index (χ3v) is 6.94. The number of fused-ring (bicyclic) bond motifs is 1. The van der Waals surface area contributed by atoms with Gasteiger partial charge in [-0.05, 0) is 50.9 Å². The summed E-state index contributed by atoms with van der Waals surface area (Å²) in [7, 11) is -3.62. The zero-order valence-corrected chi connectivity index (χ0v) is 14.3. The molecule has 0 radical (unpaired) electrons. The standard InChI is InChI=1S/C16H23N3O3S/c1-11-5-6-14(8-15(11)16(17)20)23(21,22)19-10-13-4-3-7-18(13)9-12(19)2/h5-6,8,12-13H,3-4,7,9-10H2,1-2H3,(H2,17,20)/t12-,13-/m1/s1. The Bertz CT molecular complexity index is 732. The number of benzene rings is 1. The second-order valence-corrected chi connectivity index (χ2v) is 8.45. The van der Waals surface area contributed by atoms with Gasteiger partial charge in [0.25, 0.3) is 0 Å². The molecule has 2 fully saturated rings. The summed E-state index contributed by atoms with van der Waals surface area (Å²) in [5, 5.41) is 0. The molecular formula is C16H23N3O3S. The van der Waals surface area contributed by atoms with Crippen LogP contribution in [-0.2, 0) is 10.0 Å². The van der Waals surface area contributed by atoms with E-state index in [1.807, 2.05) is 6.92 Å². The zero-order chi connectivity index (χ0) is 16.8. The molecule has 126 valence electrons. The maximum Gasteiger partial charge on any atom is 0.249 e. The highest BCUT2D eigenvalue weighted by atomic mass is 32.2. The number of rotatable bonds is 3. The van der Waals surface area contributed by atoms with Crippen molar-refractivity contribution in [2.24, 2.45) is 5.73 Å². The van der Waals surface area contributed by atoms with E-state index in [1.165, 1.54) is 6.07 Å². The molecule has 2 saturated heterocycles. The number of aryl methyl sites for hydroxylation is 1. The molecule has 7 heteroatoms. The Labute approximate surface area is 137 Å². The van der Waals surface area contributed by atoms with Gasteiger partial charge in [-0.15, -0.1) is 0 Å². The number of carbonyl (C=O) groups excluding carboxylic acids is 1. The first-order valence-corrected chi connectivity index (χ1v) is 9.41. The van der Waals surface area contributed by atoms with Gasteiger partial charge in [-0.3, -0.25) is 9.69 Å². The summed E-state index contributed by atoms with van der Waals surface area (Å²) in [5.74, 6) is -0.604. The molecule has 2 heterocycles. The van der Waals surface area contributed by atoms with E-state index in [2.05, 4.69) is 4.90 Å². The Hall–Kier alpha value is -1.44. The summed E-state index contributed by atoms with van der Waals surface area (Å²) in [6, 6.07) is 4.84. The predicted molar refractivity (Wildman–Crippen MR) is 87.6 cm³/mol. The number of amides is 1. The molecule has 2 aliphatic rings. The number of nitrogens with zero attached hydrogens (tertiary/aromatic N) is 2. The van der Waals surface area contributed by atoms with Crippen LogP contribution in [0.25, 0.3) is 0 Å². The monoisotopic (exact) mass is 337 g/mol. The first kappa shape index (κ1) is 16.4. The molecule has 2 N–H and O–H groups in total. The fourth-order valence-corrected chi connectivity index (χ4v) is 5.34. The Balaban J connectivity index is 1.95. The third-order valence-electron chi connectivity index (χ3n) is 4.96. The van der Waals surface area contributed by atoms with Crippen molar-refractivity contribution < 1.29 is 13.2 Å². The van der Waals surface area contributed by atoms with Crippen LogP contribution in [0, 0.1) is 6.92 Å². The van der Waals surface area contributed by atoms with Gasteiger partial charge in [-0.25, -0.2) is 8.42 Å². The Morgan fingerprint density at radius 3 is 2.74 bits per heavy atom. The minimum absolute atomic E-state index is 0.0762. The maximum atomic E-state index is 13.0. The van der Waals surface area contributed by atoms with Crippen molar-refractivity contribution in [3.8, 4) is 0 Å². The lowest BCUT2D eigenvalue weighted by Crippen LogP contribution is -2.56. The van der Waals surface area contributed by atoms with Crippen molar-refractivity contribution >= 4 is 15.9 Å². The summed E-state index contributed by atoms with van der Waals surface area (Å²) in [6.45, 7) is 6.02.